The number of hydrogen-bond acceptors (Lipinski definition) is 5. The van der Waals surface area contributed by atoms with Gasteiger partial charge in [0.25, 0.3) is 5.69 Å². The first-order chi connectivity index (χ1) is 11.1. The molecule has 0 aliphatic rings. The van der Waals surface area contributed by atoms with Gasteiger partial charge in [0.15, 0.2) is 11.5 Å². The van der Waals surface area contributed by atoms with Crippen molar-refractivity contribution in [2.24, 2.45) is 0 Å². The van der Waals surface area contributed by atoms with Gasteiger partial charge in [-0.05, 0) is 29.8 Å². The third-order valence-electron chi connectivity index (χ3n) is 3.24. The van der Waals surface area contributed by atoms with Gasteiger partial charge in [-0.25, -0.2) is 0 Å². The van der Waals surface area contributed by atoms with E-state index >= 15 is 0 Å². The van der Waals surface area contributed by atoms with Crippen LogP contribution in [0.4, 0.5) is 5.69 Å². The smallest absolute Gasteiger partial charge is 0.269 e. The molecule has 0 unspecified atom stereocenters. The number of allylic oxidation sites excluding steroid dienone is 1. The van der Waals surface area contributed by atoms with Crippen molar-refractivity contribution in [3.63, 3.8) is 0 Å². The largest absolute Gasteiger partial charge is 0.493 e. The highest BCUT2D eigenvalue weighted by Crippen LogP contribution is 2.33. The molecule has 0 radical (unpaired) electrons. The summed E-state index contributed by atoms with van der Waals surface area (Å²) in [5.41, 5.74) is 1.61. The summed E-state index contributed by atoms with van der Waals surface area (Å²) in [6.45, 7) is 0. The molecule has 0 amide bonds. The number of benzene rings is 2. The molecule has 2 aromatic carbocycles. The molecule has 0 saturated carbocycles. The standard InChI is InChI=1S/C17H14N2O4/c1-22-16-5-3-4-13(17(16)23-2)10-14(11-18)12-6-8-15(9-7-12)19(20)21/h3-10H,1-2H3. The van der Waals surface area contributed by atoms with Gasteiger partial charge in [-0.2, -0.15) is 5.26 Å². The Morgan fingerprint density at radius 2 is 1.87 bits per heavy atom. The molecule has 6 nitrogen and oxygen atoms in total. The lowest BCUT2D eigenvalue weighted by Gasteiger charge is -2.10. The van der Waals surface area contributed by atoms with Crippen molar-refractivity contribution in [1.82, 2.24) is 0 Å². The van der Waals surface area contributed by atoms with Gasteiger partial charge in [0, 0.05) is 17.7 Å². The van der Waals surface area contributed by atoms with Crippen LogP contribution < -0.4 is 9.47 Å². The maximum Gasteiger partial charge on any atom is 0.269 e. The van der Waals surface area contributed by atoms with Crippen LogP contribution in [0.2, 0.25) is 0 Å². The van der Waals surface area contributed by atoms with Crippen molar-refractivity contribution in [2.75, 3.05) is 14.2 Å². The number of nitrogens with zero attached hydrogens (tertiary/aromatic N) is 2. The van der Waals surface area contributed by atoms with E-state index in [2.05, 4.69) is 6.07 Å². The van der Waals surface area contributed by atoms with Gasteiger partial charge in [-0.15, -0.1) is 0 Å². The predicted octanol–water partition coefficient (Wildman–Crippen LogP) is 3.68. The summed E-state index contributed by atoms with van der Waals surface area (Å²) < 4.78 is 10.6. The lowest BCUT2D eigenvalue weighted by atomic mass is 10.0. The zero-order chi connectivity index (χ0) is 16.8. The van der Waals surface area contributed by atoms with Crippen LogP contribution in [0.25, 0.3) is 11.6 Å². The monoisotopic (exact) mass is 310 g/mol. The summed E-state index contributed by atoms with van der Waals surface area (Å²) in [4.78, 5) is 10.2. The fourth-order valence-electron chi connectivity index (χ4n) is 2.12. The number of rotatable bonds is 5. The molecule has 2 aromatic rings. The van der Waals surface area contributed by atoms with Crippen LogP contribution in [-0.4, -0.2) is 19.1 Å². The van der Waals surface area contributed by atoms with Crippen molar-refractivity contribution in [1.29, 1.82) is 5.26 Å². The molecule has 0 N–H and O–H groups in total. The average Bonchev–Trinajstić information content (AvgIpc) is 2.59. The Morgan fingerprint density at radius 1 is 1.17 bits per heavy atom. The number of methoxy groups -OCH3 is 2. The molecule has 0 aromatic heterocycles. The molecular formula is C17H14N2O4. The summed E-state index contributed by atoms with van der Waals surface area (Å²) in [6, 6.07) is 13.3. The maximum atomic E-state index is 10.7. The third kappa shape index (κ3) is 3.47. The molecule has 0 aliphatic carbocycles. The lowest BCUT2D eigenvalue weighted by Crippen LogP contribution is -1.93. The van der Waals surface area contributed by atoms with Crippen LogP contribution >= 0.6 is 0 Å². The fourth-order valence-corrected chi connectivity index (χ4v) is 2.12. The van der Waals surface area contributed by atoms with Crippen LogP contribution in [0, 0.1) is 21.4 Å². The number of hydrogen-bond donors (Lipinski definition) is 0. The van der Waals surface area contributed by atoms with E-state index in [1.54, 1.807) is 36.4 Å². The number of nitro groups is 1. The average molecular weight is 310 g/mol. The SMILES string of the molecule is COc1cccc(C=C(C#N)c2ccc([N+](=O)[O-])cc2)c1OC. The zero-order valence-corrected chi connectivity index (χ0v) is 12.6. The van der Waals surface area contributed by atoms with Gasteiger partial charge < -0.3 is 9.47 Å². The second-order valence-electron chi connectivity index (χ2n) is 4.56. The molecular weight excluding hydrogens is 296 g/mol. The Bertz CT molecular complexity index is 789. The van der Waals surface area contributed by atoms with Gasteiger partial charge in [0.2, 0.25) is 0 Å². The zero-order valence-electron chi connectivity index (χ0n) is 12.6. The van der Waals surface area contributed by atoms with E-state index in [4.69, 9.17) is 9.47 Å². The minimum atomic E-state index is -0.482. The summed E-state index contributed by atoms with van der Waals surface area (Å²) in [5, 5.41) is 20.1. The normalized spacial score (nSPS) is 10.7. The Hall–Kier alpha value is -3.33. The van der Waals surface area contributed by atoms with Gasteiger partial charge >= 0.3 is 0 Å². The highest BCUT2D eigenvalue weighted by molar-refractivity contribution is 5.91. The van der Waals surface area contributed by atoms with Crippen LogP contribution in [0.1, 0.15) is 11.1 Å². The summed E-state index contributed by atoms with van der Waals surface area (Å²) in [5.74, 6) is 1.08. The number of ether oxygens (including phenoxy) is 2. The Balaban J connectivity index is 2.47. The van der Waals surface area contributed by atoms with Crippen LogP contribution in [0.3, 0.4) is 0 Å². The molecule has 0 atom stereocenters. The number of para-hydroxylation sites is 1. The Labute approximate surface area is 133 Å². The molecule has 116 valence electrons. The Kier molecular flexibility index (Phi) is 4.95. The van der Waals surface area contributed by atoms with Crippen LogP contribution in [0.5, 0.6) is 11.5 Å². The van der Waals surface area contributed by atoms with Crippen LogP contribution in [0.15, 0.2) is 42.5 Å². The first kappa shape index (κ1) is 16.0. The summed E-state index contributed by atoms with van der Waals surface area (Å²) in [7, 11) is 3.06. The minimum Gasteiger partial charge on any atom is -0.493 e. The number of nitriles is 1. The first-order valence-corrected chi connectivity index (χ1v) is 6.68. The molecule has 0 saturated heterocycles. The van der Waals surface area contributed by atoms with E-state index < -0.39 is 4.92 Å². The van der Waals surface area contributed by atoms with E-state index in [0.29, 0.717) is 28.2 Å². The molecule has 2 rings (SSSR count). The van der Waals surface area contributed by atoms with E-state index in [9.17, 15) is 15.4 Å². The number of non-ortho nitro benzene ring substituents is 1. The van der Waals surface area contributed by atoms with Crippen molar-refractivity contribution in [3.8, 4) is 17.6 Å². The molecule has 0 spiro atoms. The molecule has 0 fully saturated rings. The lowest BCUT2D eigenvalue weighted by molar-refractivity contribution is -0.384. The molecule has 0 heterocycles. The van der Waals surface area contributed by atoms with Crippen molar-refractivity contribution in [3.05, 3.63) is 63.7 Å². The Morgan fingerprint density at radius 3 is 2.39 bits per heavy atom. The maximum absolute atomic E-state index is 10.7. The van der Waals surface area contributed by atoms with Crippen molar-refractivity contribution < 1.29 is 14.4 Å². The van der Waals surface area contributed by atoms with Gasteiger partial charge in [0.1, 0.15) is 0 Å². The number of nitro benzene ring substituents is 1. The summed E-state index contributed by atoms with van der Waals surface area (Å²) in [6.07, 6.45) is 1.66. The van der Waals surface area contributed by atoms with Gasteiger partial charge in [-0.3, -0.25) is 10.1 Å². The molecule has 0 bridgehead atoms. The fraction of sp³-hybridized carbons (Fsp3) is 0.118. The predicted molar refractivity (Wildman–Crippen MR) is 86.1 cm³/mol. The van der Waals surface area contributed by atoms with E-state index in [1.165, 1.54) is 26.4 Å². The van der Waals surface area contributed by atoms with E-state index in [1.807, 2.05) is 0 Å². The third-order valence-corrected chi connectivity index (χ3v) is 3.24. The second kappa shape index (κ2) is 7.09. The van der Waals surface area contributed by atoms with Gasteiger partial charge in [0.05, 0.1) is 30.8 Å². The van der Waals surface area contributed by atoms with Crippen LogP contribution in [-0.2, 0) is 0 Å². The first-order valence-electron chi connectivity index (χ1n) is 6.68. The van der Waals surface area contributed by atoms with E-state index in [0.717, 1.165) is 0 Å². The van der Waals surface area contributed by atoms with Crippen molar-refractivity contribution in [2.45, 2.75) is 0 Å². The quantitative estimate of drug-likeness (QED) is 0.364. The molecule has 0 aliphatic heterocycles. The van der Waals surface area contributed by atoms with Crippen molar-refractivity contribution >= 4 is 17.3 Å². The second-order valence-corrected chi connectivity index (χ2v) is 4.56. The van der Waals surface area contributed by atoms with Gasteiger partial charge in [-0.1, -0.05) is 12.1 Å². The molecule has 23 heavy (non-hydrogen) atoms. The van der Waals surface area contributed by atoms with E-state index in [-0.39, 0.29) is 5.69 Å². The minimum absolute atomic E-state index is 0.0231. The summed E-state index contributed by atoms with van der Waals surface area (Å²) >= 11 is 0. The highest BCUT2D eigenvalue weighted by Gasteiger charge is 2.11. The highest BCUT2D eigenvalue weighted by atomic mass is 16.6. The molecule has 6 heteroatoms. The topological polar surface area (TPSA) is 85.4 Å².